The minimum absolute atomic E-state index is 0.0284. The van der Waals surface area contributed by atoms with Crippen LogP contribution in [0.1, 0.15) is 173 Å². The van der Waals surface area contributed by atoms with Crippen LogP contribution >= 0.6 is 11.8 Å². The number of carboxylic acid groups (broad SMARTS) is 2. The first-order chi connectivity index (χ1) is 71.7. The summed E-state index contributed by atoms with van der Waals surface area (Å²) in [5.41, 5.74) is 17.2. The lowest BCUT2D eigenvalue weighted by Crippen LogP contribution is -2.62. The van der Waals surface area contributed by atoms with Gasteiger partial charge in [0.25, 0.3) is 5.91 Å². The Balaban J connectivity index is 0.978. The summed E-state index contributed by atoms with van der Waals surface area (Å²) in [5.74, 6) is -20.7. The molecule has 6 aromatic carbocycles. The van der Waals surface area contributed by atoms with Gasteiger partial charge < -0.3 is 116 Å². The number of likely N-dealkylation sites (N-methyl/N-ethyl adjacent to an activating group) is 1. The van der Waals surface area contributed by atoms with Crippen molar-refractivity contribution in [2.75, 3.05) is 50.0 Å². The lowest BCUT2D eigenvalue weighted by molar-refractivity contribution is -0.146. The number of carboxylic acids is 2. The first-order valence-electron chi connectivity index (χ1n) is 50.1. The van der Waals surface area contributed by atoms with Gasteiger partial charge in [-0.15, -0.1) is 11.8 Å². The second-order valence-corrected chi connectivity index (χ2v) is 39.7. The van der Waals surface area contributed by atoms with Gasteiger partial charge in [-0.05, 0) is 137 Å². The van der Waals surface area contributed by atoms with Crippen LogP contribution in [0.5, 0.6) is 0 Å². The average molecular weight is 2080 g/mol. The number of aromatic carboxylic acids is 1. The summed E-state index contributed by atoms with van der Waals surface area (Å²) in [6.45, 7) is 8.34. The third-order valence-corrected chi connectivity index (χ3v) is 27.4. The average Bonchev–Trinajstić information content (AvgIpc) is 1.06. The van der Waals surface area contributed by atoms with Crippen LogP contribution in [-0.2, 0) is 109 Å². The lowest BCUT2D eigenvalue weighted by atomic mass is 9.84. The second kappa shape index (κ2) is 55.6. The molecule has 1 saturated heterocycles. The zero-order chi connectivity index (χ0) is 108. The summed E-state index contributed by atoms with van der Waals surface area (Å²) in [4.78, 5) is 280. The van der Waals surface area contributed by atoms with E-state index in [-0.39, 0.29) is 99.9 Å². The highest BCUT2D eigenvalue weighted by atomic mass is 32.2. The lowest BCUT2D eigenvalue weighted by Gasteiger charge is -2.40. The van der Waals surface area contributed by atoms with E-state index < -0.39 is 228 Å². The van der Waals surface area contributed by atoms with Crippen LogP contribution < -0.4 is 85.9 Å². The molecule has 3 aliphatic rings. The maximum atomic E-state index is 15.9. The van der Waals surface area contributed by atoms with E-state index in [1.807, 2.05) is 0 Å². The third-order valence-electron chi connectivity index (χ3n) is 26.4. The van der Waals surface area contributed by atoms with Crippen LogP contribution in [0.15, 0.2) is 177 Å². The fraction of sp³-hybridized carbons (Fsp3) is 0.425. The van der Waals surface area contributed by atoms with Crippen molar-refractivity contribution in [2.24, 2.45) is 35.1 Å². The number of anilines is 1. The van der Waals surface area contributed by atoms with Crippen molar-refractivity contribution < 1.29 is 96.5 Å². The van der Waals surface area contributed by atoms with Gasteiger partial charge in [-0.25, -0.2) is 14.8 Å². The molecule has 11 rings (SSSR count). The fourth-order valence-corrected chi connectivity index (χ4v) is 18.9. The number of hydrogen-bond donors (Lipinski definition) is 21. The number of H-pyrrole nitrogens is 2. The first kappa shape index (κ1) is 114. The number of aromatic nitrogens is 4. The summed E-state index contributed by atoms with van der Waals surface area (Å²) in [7, 11) is 1.23. The fourth-order valence-electron chi connectivity index (χ4n) is 18.1. The highest BCUT2D eigenvalue weighted by molar-refractivity contribution is 8.00. The SMILES string of the molecule is CC[C@H](C)[C@@H]1NC(=O)[C@@H](CCCNC(=N)N)NC(=O)[C@H](CC(=O)O)NC(=O)[C@H](Cc2cnc[nH]2)NC(=O)CN(C)C(=O)[C@H](Cc2ccc(-c3ccc(NC(=O)c4ccccc4)cc3)cc2)NC(=O)[C@H](Cc2ccc(-c3ccc(C(=O)O)cc3)cc2)NC(=O)[C@H](CC2CCCCC2)NC(=O)CSC[C@@H](C(=O)NCC(N)=O)NC(=O)[C@H](CC(C)C)NC(=O)[C@H](Cc2cnc[nH]2)NC(=O)[C@H](C(C)C)NC(=O)[C@@H]2c3ccccc3CCN2C1=O. The third kappa shape index (κ3) is 33.9. The molecule has 2 aromatic heterocycles. The molecule has 13 atom stereocenters. The summed E-state index contributed by atoms with van der Waals surface area (Å²) in [5, 5.41) is 66.1. The largest absolute Gasteiger partial charge is 0.481 e. The van der Waals surface area contributed by atoms with Crippen molar-refractivity contribution in [1.82, 2.24) is 98.9 Å². The molecule has 150 heavy (non-hydrogen) atoms. The molecular formula is C106H133N23O20S. The van der Waals surface area contributed by atoms with E-state index in [2.05, 4.69) is 94.4 Å². The number of aromatic amines is 2. The van der Waals surface area contributed by atoms with Gasteiger partial charge in [0.1, 0.15) is 72.5 Å². The monoisotopic (exact) mass is 2080 g/mol. The van der Waals surface area contributed by atoms with E-state index in [0.29, 0.717) is 74.3 Å². The molecule has 43 nitrogen and oxygen atoms in total. The predicted molar refractivity (Wildman–Crippen MR) is 556 cm³/mol. The Bertz CT molecular complexity index is 6070. The van der Waals surface area contributed by atoms with E-state index in [0.717, 1.165) is 35.9 Å². The standard InChI is InChI=1S/C106H133N23O20S/c1-8-61(6)90-104(147)129-43-41-69-20-15-16-23-75(69)91(129)102(145)126-89(60(4)5)101(144)123-81(49-74-52-111-58-115-74)99(142)120-77(44-59(2)3)95(138)125-84(93(136)113-53-85(107)130)55-150-56-87(132)118-78(45-62-18-11-9-12-19-62)96(139)121-79(46-63-25-29-65(30-26-63)67-33-35-71(36-34-67)105(148)149)97(140)124-83(47-64-27-31-66(32-28-64)68-37-39-72(40-38-68)116-92(135)70-21-13-10-14-22-70)103(146)128(7)54-86(131)117-80(48-73-51-110-57-114-73)98(141)122-82(50-88(133)134)100(143)119-76(94(137)127-90)24-17-42-112-106(108)109/h10,13-16,20-23,25-40,51-52,57-62,76-84,89-91H,8-9,11-12,17-19,24,41-50,53-56H2,1-7H3,(H2,107,130)(H,110,114)(H,111,115)(H,113,136)(H,116,135)(H,117,131)(H,118,132)(H,119,143)(H,120,142)(H,121,139)(H,122,141)(H,123,144)(H,124,140)(H,125,138)(H,126,145)(H,127,137)(H,133,134)(H,148,149)(H4,108,109,112)/t61-,76+,77-,78-,79-,80-,81-,82-,83-,84-,89-,90-,91-/m0/s1. The highest BCUT2D eigenvalue weighted by Crippen LogP contribution is 2.34. The number of guanidine groups is 1. The van der Waals surface area contributed by atoms with E-state index in [1.165, 1.54) is 49.1 Å². The number of rotatable bonds is 29. The van der Waals surface area contributed by atoms with Gasteiger partial charge in [0.05, 0.1) is 43.5 Å². The van der Waals surface area contributed by atoms with Crippen molar-refractivity contribution >= 4 is 130 Å². The van der Waals surface area contributed by atoms with Gasteiger partial charge in [-0.3, -0.25) is 86.9 Å². The second-order valence-electron chi connectivity index (χ2n) is 38.6. The van der Waals surface area contributed by atoms with E-state index in [4.69, 9.17) is 16.9 Å². The number of benzene rings is 6. The molecule has 16 amide bonds. The number of carbonyl (C=O) groups excluding carboxylic acids is 16. The Hall–Kier alpha value is -16.2. The van der Waals surface area contributed by atoms with Crippen molar-refractivity contribution in [3.05, 3.63) is 221 Å². The molecule has 1 saturated carbocycles. The molecule has 2 aliphatic heterocycles. The Morgan fingerprint density at radius 3 is 1.59 bits per heavy atom. The number of hydrogen-bond acceptors (Lipinski definition) is 22. The zero-order valence-electron chi connectivity index (χ0n) is 84.6. The molecule has 4 heterocycles. The summed E-state index contributed by atoms with van der Waals surface area (Å²) in [6.07, 6.45) is 6.63. The molecule has 2 fully saturated rings. The van der Waals surface area contributed by atoms with Crippen molar-refractivity contribution in [1.29, 1.82) is 5.41 Å². The predicted octanol–water partition coefficient (Wildman–Crippen LogP) is 3.41. The number of primary amides is 1. The number of nitrogens with one attached hydrogen (secondary N) is 17. The van der Waals surface area contributed by atoms with Crippen molar-refractivity contribution in [2.45, 2.75) is 217 Å². The Morgan fingerprint density at radius 2 is 1.02 bits per heavy atom. The van der Waals surface area contributed by atoms with Crippen LogP contribution in [0.2, 0.25) is 0 Å². The van der Waals surface area contributed by atoms with E-state index >= 15 is 52.7 Å². The number of nitrogens with zero attached hydrogens (tertiary/aromatic N) is 4. The first-order valence-corrected chi connectivity index (χ1v) is 51.2. The molecule has 8 aromatic rings. The Labute approximate surface area is 871 Å². The topological polar surface area (TPSA) is 656 Å². The number of aliphatic carboxylic acids is 1. The van der Waals surface area contributed by atoms with Gasteiger partial charge in [-0.1, -0.05) is 195 Å². The normalized spacial score (nSPS) is 21.9. The Morgan fingerprint density at radius 1 is 0.513 bits per heavy atom. The van der Waals surface area contributed by atoms with Crippen LogP contribution in [-0.4, -0.2) is 264 Å². The van der Waals surface area contributed by atoms with E-state index in [1.54, 1.807) is 181 Å². The van der Waals surface area contributed by atoms with Gasteiger partial charge in [-0.2, -0.15) is 0 Å². The molecule has 44 heteroatoms. The summed E-state index contributed by atoms with van der Waals surface area (Å²) in [6, 6.07) is 22.9. The summed E-state index contributed by atoms with van der Waals surface area (Å²) < 4.78 is 0. The minimum atomic E-state index is -2.05. The molecular weight excluding hydrogens is 1950 g/mol. The van der Waals surface area contributed by atoms with Gasteiger partial charge in [0.15, 0.2) is 5.96 Å². The van der Waals surface area contributed by atoms with E-state index in [9.17, 15) is 43.8 Å². The van der Waals surface area contributed by atoms with Gasteiger partial charge in [0.2, 0.25) is 88.6 Å². The number of carbonyl (C=O) groups is 18. The quantitative estimate of drug-likeness (QED) is 0.0181. The maximum absolute atomic E-state index is 15.9. The maximum Gasteiger partial charge on any atom is 0.335 e. The van der Waals surface area contributed by atoms with Crippen LogP contribution in [0.3, 0.4) is 0 Å². The molecule has 1 aliphatic carbocycles. The molecule has 798 valence electrons. The van der Waals surface area contributed by atoms with Gasteiger partial charge >= 0.3 is 11.9 Å². The summed E-state index contributed by atoms with van der Waals surface area (Å²) >= 11 is 0.832. The Kier molecular flexibility index (Phi) is 42.3. The van der Waals surface area contributed by atoms with Crippen LogP contribution in [0, 0.1) is 29.1 Å². The van der Waals surface area contributed by atoms with Crippen molar-refractivity contribution in [3.63, 3.8) is 0 Å². The smallest absolute Gasteiger partial charge is 0.335 e. The number of fused-ring (bicyclic) bond motifs is 3. The zero-order valence-corrected chi connectivity index (χ0v) is 85.4. The molecule has 23 N–H and O–H groups in total. The number of thioether (sulfide) groups is 1. The van der Waals surface area contributed by atoms with Crippen LogP contribution in [0.4, 0.5) is 5.69 Å². The van der Waals surface area contributed by atoms with Crippen molar-refractivity contribution in [3.8, 4) is 22.3 Å². The number of imidazole rings is 2. The van der Waals surface area contributed by atoms with Gasteiger partial charge in [0, 0.05) is 86.6 Å². The number of amides is 16. The molecule has 0 unspecified atom stereocenters. The van der Waals surface area contributed by atoms with Crippen LogP contribution in [0.25, 0.3) is 22.3 Å². The molecule has 0 spiro atoms. The number of nitrogens with two attached hydrogens (primary N) is 2. The minimum Gasteiger partial charge on any atom is -0.481 e. The molecule has 0 radical (unpaired) electrons. The highest BCUT2D eigenvalue weighted by Gasteiger charge is 2.45. The molecule has 0 bridgehead atoms.